The third kappa shape index (κ3) is 3.36. The normalized spacial score (nSPS) is 16.5. The van der Waals surface area contributed by atoms with Crippen molar-refractivity contribution in [2.45, 2.75) is 13.0 Å². The molecule has 1 N–H and O–H groups in total. The van der Waals surface area contributed by atoms with E-state index in [0.717, 1.165) is 37.4 Å². The molecule has 1 unspecified atom stereocenters. The van der Waals surface area contributed by atoms with Gasteiger partial charge in [0.15, 0.2) is 5.76 Å². The predicted octanol–water partition coefficient (Wildman–Crippen LogP) is 4.11. The number of phenols is 1. The highest BCUT2D eigenvalue weighted by molar-refractivity contribution is 5.75. The molecule has 4 rings (SSSR count). The van der Waals surface area contributed by atoms with Gasteiger partial charge in [-0.2, -0.15) is 0 Å². The summed E-state index contributed by atoms with van der Waals surface area (Å²) < 4.78 is 10.6. The second-order valence-electron chi connectivity index (χ2n) is 6.55. The van der Waals surface area contributed by atoms with E-state index >= 15 is 0 Å². The first-order chi connectivity index (χ1) is 12.7. The SMILES string of the molecule is CC(c1ccc(-c2ccc(O)c(-c3ccno3)c2)cc1)N1CCOCC1. The minimum absolute atomic E-state index is 0.183. The van der Waals surface area contributed by atoms with Crippen LogP contribution in [0.4, 0.5) is 0 Å². The lowest BCUT2D eigenvalue weighted by atomic mass is 9.98. The summed E-state index contributed by atoms with van der Waals surface area (Å²) in [6, 6.07) is 16.3. The van der Waals surface area contributed by atoms with Gasteiger partial charge in [-0.3, -0.25) is 4.90 Å². The number of ether oxygens (including phenoxy) is 1. The molecule has 5 heteroatoms. The lowest BCUT2D eigenvalue weighted by Crippen LogP contribution is -2.37. The van der Waals surface area contributed by atoms with Crippen LogP contribution in [0.25, 0.3) is 22.5 Å². The maximum atomic E-state index is 10.1. The number of nitrogens with zero attached hydrogens (tertiary/aromatic N) is 2. The fourth-order valence-electron chi connectivity index (χ4n) is 3.40. The van der Waals surface area contributed by atoms with E-state index in [0.29, 0.717) is 17.4 Å². The van der Waals surface area contributed by atoms with Gasteiger partial charge < -0.3 is 14.4 Å². The summed E-state index contributed by atoms with van der Waals surface area (Å²) >= 11 is 0. The van der Waals surface area contributed by atoms with E-state index in [1.807, 2.05) is 12.1 Å². The zero-order chi connectivity index (χ0) is 17.9. The van der Waals surface area contributed by atoms with Crippen molar-refractivity contribution in [3.63, 3.8) is 0 Å². The van der Waals surface area contributed by atoms with Crippen molar-refractivity contribution < 1.29 is 14.4 Å². The maximum absolute atomic E-state index is 10.1. The summed E-state index contributed by atoms with van der Waals surface area (Å²) in [5.74, 6) is 0.741. The van der Waals surface area contributed by atoms with Crippen molar-refractivity contribution in [1.29, 1.82) is 0 Å². The molecule has 1 atom stereocenters. The molecule has 1 saturated heterocycles. The van der Waals surface area contributed by atoms with Gasteiger partial charge in [-0.05, 0) is 35.7 Å². The van der Waals surface area contributed by atoms with E-state index in [1.165, 1.54) is 5.56 Å². The molecule has 1 aliphatic heterocycles. The van der Waals surface area contributed by atoms with Crippen molar-refractivity contribution in [2.75, 3.05) is 26.3 Å². The molecule has 5 nitrogen and oxygen atoms in total. The molecule has 0 saturated carbocycles. The first kappa shape index (κ1) is 16.8. The van der Waals surface area contributed by atoms with Crippen molar-refractivity contribution in [2.24, 2.45) is 0 Å². The minimum Gasteiger partial charge on any atom is -0.507 e. The molecule has 0 amide bonds. The van der Waals surface area contributed by atoms with Gasteiger partial charge in [0.1, 0.15) is 5.75 Å². The Labute approximate surface area is 152 Å². The molecule has 0 radical (unpaired) electrons. The van der Waals surface area contributed by atoms with Crippen molar-refractivity contribution in [3.8, 4) is 28.2 Å². The number of benzene rings is 2. The van der Waals surface area contributed by atoms with Gasteiger partial charge in [0.2, 0.25) is 0 Å². The summed E-state index contributed by atoms with van der Waals surface area (Å²) in [7, 11) is 0. The Morgan fingerprint density at radius 1 is 1.00 bits per heavy atom. The van der Waals surface area contributed by atoms with E-state index in [-0.39, 0.29) is 5.75 Å². The molecule has 26 heavy (non-hydrogen) atoms. The highest BCUT2D eigenvalue weighted by Gasteiger charge is 2.18. The Kier molecular flexibility index (Phi) is 4.73. The Morgan fingerprint density at radius 2 is 1.73 bits per heavy atom. The first-order valence-electron chi connectivity index (χ1n) is 8.88. The van der Waals surface area contributed by atoms with Crippen LogP contribution in [0.2, 0.25) is 0 Å². The van der Waals surface area contributed by atoms with Crippen LogP contribution in [0.15, 0.2) is 59.3 Å². The highest BCUT2D eigenvalue weighted by atomic mass is 16.5. The summed E-state index contributed by atoms with van der Waals surface area (Å²) in [6.45, 7) is 5.80. The second kappa shape index (κ2) is 7.32. The van der Waals surface area contributed by atoms with Gasteiger partial charge in [-0.15, -0.1) is 0 Å². The van der Waals surface area contributed by atoms with Gasteiger partial charge in [0, 0.05) is 25.2 Å². The molecule has 2 heterocycles. The molecule has 2 aromatic carbocycles. The smallest absolute Gasteiger partial charge is 0.170 e. The van der Waals surface area contributed by atoms with Gasteiger partial charge >= 0.3 is 0 Å². The number of aromatic nitrogens is 1. The molecule has 0 bridgehead atoms. The van der Waals surface area contributed by atoms with Crippen LogP contribution in [-0.2, 0) is 4.74 Å². The zero-order valence-electron chi connectivity index (χ0n) is 14.8. The van der Waals surface area contributed by atoms with E-state index in [9.17, 15) is 5.11 Å². The molecule has 1 aromatic heterocycles. The second-order valence-corrected chi connectivity index (χ2v) is 6.55. The van der Waals surface area contributed by atoms with Crippen LogP contribution in [0.3, 0.4) is 0 Å². The summed E-state index contributed by atoms with van der Waals surface area (Å²) in [4.78, 5) is 2.45. The summed E-state index contributed by atoms with van der Waals surface area (Å²) in [5, 5.41) is 13.8. The van der Waals surface area contributed by atoms with Crippen molar-refractivity contribution in [1.82, 2.24) is 10.1 Å². The van der Waals surface area contributed by atoms with Crippen LogP contribution < -0.4 is 0 Å². The minimum atomic E-state index is 0.183. The molecular weight excluding hydrogens is 328 g/mol. The number of aromatic hydroxyl groups is 1. The topological polar surface area (TPSA) is 58.7 Å². The van der Waals surface area contributed by atoms with Crippen LogP contribution >= 0.6 is 0 Å². The average Bonchev–Trinajstić information content (AvgIpc) is 3.23. The Bertz CT molecular complexity index is 853. The van der Waals surface area contributed by atoms with Crippen molar-refractivity contribution in [3.05, 3.63) is 60.3 Å². The maximum Gasteiger partial charge on any atom is 0.170 e. The number of phenolic OH excluding ortho intramolecular Hbond substituents is 1. The Hall–Kier alpha value is -2.63. The molecule has 1 aliphatic rings. The lowest BCUT2D eigenvalue weighted by molar-refractivity contribution is 0.0198. The predicted molar refractivity (Wildman–Crippen MR) is 99.8 cm³/mol. The standard InChI is InChI=1S/C21H22N2O3/c1-15(23-10-12-25-13-11-23)16-2-4-17(5-3-16)18-6-7-20(24)19(14-18)21-8-9-22-26-21/h2-9,14-15,24H,10-13H2,1H3. The van der Waals surface area contributed by atoms with Crippen LogP contribution in [0.5, 0.6) is 5.75 Å². The fourth-order valence-corrected chi connectivity index (χ4v) is 3.40. The van der Waals surface area contributed by atoms with Crippen molar-refractivity contribution >= 4 is 0 Å². The quantitative estimate of drug-likeness (QED) is 0.767. The Balaban J connectivity index is 1.58. The van der Waals surface area contributed by atoms with Crippen LogP contribution in [0.1, 0.15) is 18.5 Å². The molecule has 0 spiro atoms. The highest BCUT2D eigenvalue weighted by Crippen LogP contribution is 2.34. The number of morpholine rings is 1. The zero-order valence-corrected chi connectivity index (χ0v) is 14.8. The van der Waals surface area contributed by atoms with E-state index in [1.54, 1.807) is 18.3 Å². The molecule has 134 valence electrons. The molecule has 3 aromatic rings. The summed E-state index contributed by atoms with van der Waals surface area (Å²) in [6.07, 6.45) is 1.57. The van der Waals surface area contributed by atoms with Gasteiger partial charge in [-0.1, -0.05) is 35.5 Å². The van der Waals surface area contributed by atoms with Crippen LogP contribution in [-0.4, -0.2) is 41.5 Å². The van der Waals surface area contributed by atoms with Gasteiger partial charge in [0.05, 0.1) is 25.0 Å². The third-order valence-corrected chi connectivity index (χ3v) is 5.02. The number of rotatable bonds is 4. The fraction of sp³-hybridized carbons (Fsp3) is 0.286. The molecule has 0 aliphatic carbocycles. The third-order valence-electron chi connectivity index (χ3n) is 5.02. The molecular formula is C21H22N2O3. The van der Waals surface area contributed by atoms with E-state index in [2.05, 4.69) is 41.2 Å². The largest absolute Gasteiger partial charge is 0.507 e. The van der Waals surface area contributed by atoms with E-state index < -0.39 is 0 Å². The molecule has 1 fully saturated rings. The van der Waals surface area contributed by atoms with Gasteiger partial charge in [0.25, 0.3) is 0 Å². The summed E-state index contributed by atoms with van der Waals surface area (Å²) in [5.41, 5.74) is 4.07. The average molecular weight is 350 g/mol. The number of hydrogen-bond acceptors (Lipinski definition) is 5. The first-order valence-corrected chi connectivity index (χ1v) is 8.88. The Morgan fingerprint density at radius 3 is 2.42 bits per heavy atom. The van der Waals surface area contributed by atoms with Crippen LogP contribution in [0, 0.1) is 0 Å². The van der Waals surface area contributed by atoms with E-state index in [4.69, 9.17) is 9.26 Å². The number of hydrogen-bond donors (Lipinski definition) is 1. The monoisotopic (exact) mass is 350 g/mol. The van der Waals surface area contributed by atoms with Gasteiger partial charge in [-0.25, -0.2) is 0 Å². The lowest BCUT2D eigenvalue weighted by Gasteiger charge is -2.32.